The van der Waals surface area contributed by atoms with Crippen LogP contribution in [0, 0.1) is 11.8 Å². The zero-order valence-electron chi connectivity index (χ0n) is 12.3. The Morgan fingerprint density at radius 2 is 2.11 bits per heavy atom. The maximum atomic E-state index is 4.44. The van der Waals surface area contributed by atoms with E-state index in [1.165, 1.54) is 18.5 Å². The van der Waals surface area contributed by atoms with E-state index >= 15 is 0 Å². The second-order valence-electron chi connectivity index (χ2n) is 5.90. The van der Waals surface area contributed by atoms with Crippen molar-refractivity contribution in [2.75, 3.05) is 19.0 Å². The lowest BCUT2D eigenvalue weighted by Gasteiger charge is -2.20. The van der Waals surface area contributed by atoms with Gasteiger partial charge in [0.15, 0.2) is 0 Å². The summed E-state index contributed by atoms with van der Waals surface area (Å²) in [4.78, 5) is 6.49. The first kappa shape index (κ1) is 13.4. The minimum atomic E-state index is 0.665. The molecule has 1 N–H and O–H groups in total. The molecular weight excluding hydrogens is 224 g/mol. The van der Waals surface area contributed by atoms with Crippen LogP contribution in [0.5, 0.6) is 0 Å². The van der Waals surface area contributed by atoms with Gasteiger partial charge < -0.3 is 14.8 Å². The van der Waals surface area contributed by atoms with Gasteiger partial charge in [0.05, 0.1) is 11.9 Å². The number of hydrogen-bond donors (Lipinski definition) is 1. The molecule has 102 valence electrons. The summed E-state index contributed by atoms with van der Waals surface area (Å²) in [5.41, 5.74) is 1.26. The van der Waals surface area contributed by atoms with E-state index in [1.807, 2.05) is 25.2 Å². The van der Waals surface area contributed by atoms with Crippen molar-refractivity contribution in [3.63, 3.8) is 0 Å². The van der Waals surface area contributed by atoms with Crippen molar-refractivity contribution in [2.45, 2.75) is 39.3 Å². The average molecular weight is 250 g/mol. The van der Waals surface area contributed by atoms with Crippen molar-refractivity contribution < 1.29 is 0 Å². The zero-order valence-corrected chi connectivity index (χ0v) is 12.3. The van der Waals surface area contributed by atoms with Gasteiger partial charge in [-0.2, -0.15) is 0 Å². The zero-order chi connectivity index (χ0) is 13.3. The molecule has 1 aromatic rings. The Hall–Kier alpha value is -1.03. The van der Waals surface area contributed by atoms with Gasteiger partial charge >= 0.3 is 0 Å². The molecule has 1 aliphatic carbocycles. The molecule has 18 heavy (non-hydrogen) atoms. The Morgan fingerprint density at radius 3 is 2.61 bits per heavy atom. The number of aromatic nitrogens is 2. The highest BCUT2D eigenvalue weighted by Crippen LogP contribution is 2.31. The fourth-order valence-electron chi connectivity index (χ4n) is 2.90. The van der Waals surface area contributed by atoms with E-state index in [0.717, 1.165) is 24.3 Å². The number of rotatable bonds is 4. The minimum absolute atomic E-state index is 0.665. The Labute approximate surface area is 110 Å². The van der Waals surface area contributed by atoms with Crippen molar-refractivity contribution in [1.82, 2.24) is 14.9 Å². The van der Waals surface area contributed by atoms with Gasteiger partial charge in [-0.25, -0.2) is 4.98 Å². The molecule has 1 aromatic heterocycles. The van der Waals surface area contributed by atoms with E-state index in [9.17, 15) is 0 Å². The van der Waals surface area contributed by atoms with Gasteiger partial charge in [-0.3, -0.25) is 0 Å². The molecule has 0 aliphatic heterocycles. The number of hydrogen-bond acceptors (Lipinski definition) is 3. The maximum absolute atomic E-state index is 4.44. The SMILES string of the molecule is CC1CCC(NCc2cnc(N(C)C)n2C)C1C. The molecule has 1 saturated carbocycles. The monoisotopic (exact) mass is 250 g/mol. The lowest BCUT2D eigenvalue weighted by molar-refractivity contribution is 0.367. The summed E-state index contributed by atoms with van der Waals surface area (Å²) in [6.45, 7) is 5.64. The quantitative estimate of drug-likeness (QED) is 0.887. The molecule has 0 amide bonds. The summed E-state index contributed by atoms with van der Waals surface area (Å²) in [5.74, 6) is 2.65. The summed E-state index contributed by atoms with van der Waals surface area (Å²) in [7, 11) is 6.14. The van der Waals surface area contributed by atoms with Crippen LogP contribution >= 0.6 is 0 Å². The third kappa shape index (κ3) is 2.53. The lowest BCUT2D eigenvalue weighted by atomic mass is 9.98. The van der Waals surface area contributed by atoms with Crippen LogP contribution in [0.4, 0.5) is 5.95 Å². The standard InChI is InChI=1S/C14H26N4/c1-10-6-7-13(11(10)2)15-8-12-9-16-14(17(3)4)18(12)5/h9-11,13,15H,6-8H2,1-5H3. The topological polar surface area (TPSA) is 33.1 Å². The van der Waals surface area contributed by atoms with Gasteiger partial charge in [0.2, 0.25) is 5.95 Å². The highest BCUT2D eigenvalue weighted by atomic mass is 15.3. The first-order chi connectivity index (χ1) is 8.50. The highest BCUT2D eigenvalue weighted by molar-refractivity contribution is 5.30. The van der Waals surface area contributed by atoms with Crippen molar-refractivity contribution >= 4 is 5.95 Å². The average Bonchev–Trinajstić information content (AvgIpc) is 2.83. The van der Waals surface area contributed by atoms with Crippen molar-refractivity contribution in [3.8, 4) is 0 Å². The van der Waals surface area contributed by atoms with Crippen LogP contribution in [0.3, 0.4) is 0 Å². The fourth-order valence-corrected chi connectivity index (χ4v) is 2.90. The summed E-state index contributed by atoms with van der Waals surface area (Å²) in [6.07, 6.45) is 4.64. The van der Waals surface area contributed by atoms with Gasteiger partial charge in [-0.1, -0.05) is 13.8 Å². The Balaban J connectivity index is 1.95. The third-order valence-electron chi connectivity index (χ3n) is 4.47. The summed E-state index contributed by atoms with van der Waals surface area (Å²) < 4.78 is 2.16. The van der Waals surface area contributed by atoms with E-state index in [0.29, 0.717) is 6.04 Å². The van der Waals surface area contributed by atoms with Gasteiger partial charge in [-0.15, -0.1) is 0 Å². The minimum Gasteiger partial charge on any atom is -0.348 e. The second kappa shape index (κ2) is 5.31. The molecule has 2 rings (SSSR count). The van der Waals surface area contributed by atoms with Crippen LogP contribution < -0.4 is 10.2 Å². The molecular formula is C14H26N4. The Kier molecular flexibility index (Phi) is 3.95. The Bertz CT molecular complexity index is 396. The van der Waals surface area contributed by atoms with E-state index in [4.69, 9.17) is 0 Å². The van der Waals surface area contributed by atoms with Crippen LogP contribution in [-0.4, -0.2) is 29.7 Å². The number of nitrogens with zero attached hydrogens (tertiary/aromatic N) is 3. The van der Waals surface area contributed by atoms with E-state index in [2.05, 4.69) is 35.8 Å². The van der Waals surface area contributed by atoms with E-state index in [-0.39, 0.29) is 0 Å². The van der Waals surface area contributed by atoms with Gasteiger partial charge in [0, 0.05) is 33.7 Å². The molecule has 1 heterocycles. The van der Waals surface area contributed by atoms with Crippen LogP contribution in [0.15, 0.2) is 6.20 Å². The largest absolute Gasteiger partial charge is 0.348 e. The molecule has 0 aromatic carbocycles. The predicted octanol–water partition coefficient (Wildman–Crippen LogP) is 2.01. The van der Waals surface area contributed by atoms with E-state index in [1.54, 1.807) is 0 Å². The van der Waals surface area contributed by atoms with Gasteiger partial charge in [0.1, 0.15) is 0 Å². The normalized spacial score (nSPS) is 27.7. The first-order valence-corrected chi connectivity index (χ1v) is 6.92. The molecule has 0 spiro atoms. The number of imidazole rings is 1. The molecule has 3 atom stereocenters. The lowest BCUT2D eigenvalue weighted by Crippen LogP contribution is -2.32. The first-order valence-electron chi connectivity index (χ1n) is 6.92. The number of nitrogens with one attached hydrogen (secondary N) is 1. The summed E-state index contributed by atoms with van der Waals surface area (Å²) in [5, 5.41) is 3.69. The maximum Gasteiger partial charge on any atom is 0.204 e. The van der Waals surface area contributed by atoms with Crippen LogP contribution in [0.25, 0.3) is 0 Å². The molecule has 0 saturated heterocycles. The van der Waals surface area contributed by atoms with Crippen LogP contribution in [0.1, 0.15) is 32.4 Å². The summed E-state index contributed by atoms with van der Waals surface area (Å²) in [6, 6.07) is 0.665. The molecule has 0 radical (unpaired) electrons. The molecule has 0 bridgehead atoms. The second-order valence-corrected chi connectivity index (χ2v) is 5.90. The van der Waals surface area contributed by atoms with Gasteiger partial charge in [-0.05, 0) is 24.7 Å². The van der Waals surface area contributed by atoms with Crippen molar-refractivity contribution in [1.29, 1.82) is 0 Å². The smallest absolute Gasteiger partial charge is 0.204 e. The molecule has 3 unspecified atom stereocenters. The molecule has 4 heteroatoms. The molecule has 1 fully saturated rings. The van der Waals surface area contributed by atoms with Crippen molar-refractivity contribution in [2.24, 2.45) is 18.9 Å². The fraction of sp³-hybridized carbons (Fsp3) is 0.786. The van der Waals surface area contributed by atoms with Gasteiger partial charge in [0.25, 0.3) is 0 Å². The Morgan fingerprint density at radius 1 is 1.39 bits per heavy atom. The van der Waals surface area contributed by atoms with Crippen LogP contribution in [-0.2, 0) is 13.6 Å². The van der Waals surface area contributed by atoms with Crippen molar-refractivity contribution in [3.05, 3.63) is 11.9 Å². The molecule has 4 nitrogen and oxygen atoms in total. The highest BCUT2D eigenvalue weighted by Gasteiger charge is 2.29. The predicted molar refractivity (Wildman–Crippen MR) is 75.7 cm³/mol. The molecule has 1 aliphatic rings. The summed E-state index contributed by atoms with van der Waals surface area (Å²) >= 11 is 0. The number of anilines is 1. The van der Waals surface area contributed by atoms with E-state index < -0.39 is 0 Å². The third-order valence-corrected chi connectivity index (χ3v) is 4.47. The van der Waals surface area contributed by atoms with Crippen LogP contribution in [0.2, 0.25) is 0 Å².